The summed E-state index contributed by atoms with van der Waals surface area (Å²) in [7, 11) is 1.31. The molecular weight excluding hydrogens is 372 g/mol. The number of rotatable bonds is 6. The van der Waals surface area contributed by atoms with Crippen molar-refractivity contribution in [1.29, 1.82) is 0 Å². The first-order valence-electron chi connectivity index (χ1n) is 10.0. The van der Waals surface area contributed by atoms with Gasteiger partial charge in [-0.2, -0.15) is 0 Å². The molecule has 7 heteroatoms. The average molecular weight is 405 g/mol. The van der Waals surface area contributed by atoms with Gasteiger partial charge in [-0.25, -0.2) is 4.79 Å². The summed E-state index contributed by atoms with van der Waals surface area (Å²) in [6, 6.07) is 8.48. The van der Waals surface area contributed by atoms with Crippen molar-refractivity contribution in [2.45, 2.75) is 76.0 Å². The number of amides is 1. The van der Waals surface area contributed by atoms with Gasteiger partial charge in [-0.1, -0.05) is 43.2 Å². The number of esters is 2. The molecular formula is C22H32N2O5. The summed E-state index contributed by atoms with van der Waals surface area (Å²) >= 11 is 0. The molecule has 1 amide bonds. The number of ether oxygens (including phenoxy) is 2. The molecule has 3 atom stereocenters. The number of methoxy groups -OCH3 is 1. The molecule has 7 nitrogen and oxygen atoms in total. The maximum absolute atomic E-state index is 12.9. The molecule has 0 heterocycles. The SMILES string of the molecule is COC(=O)[C@@]1(NC(=O)[C@@H](N)CC(=O)OC(C)(C)C)CCCC[C@@H]1c1ccccc1. The Balaban J connectivity index is 2.23. The summed E-state index contributed by atoms with van der Waals surface area (Å²) < 4.78 is 10.3. The van der Waals surface area contributed by atoms with Crippen LogP contribution in [-0.2, 0) is 23.9 Å². The summed E-state index contributed by atoms with van der Waals surface area (Å²) in [6.07, 6.45) is 2.64. The highest BCUT2D eigenvalue weighted by atomic mass is 16.6. The van der Waals surface area contributed by atoms with Crippen LogP contribution in [0.15, 0.2) is 30.3 Å². The van der Waals surface area contributed by atoms with Crippen LogP contribution in [0.25, 0.3) is 0 Å². The Morgan fingerprint density at radius 2 is 1.86 bits per heavy atom. The van der Waals surface area contributed by atoms with Crippen molar-refractivity contribution in [3.05, 3.63) is 35.9 Å². The molecule has 0 spiro atoms. The van der Waals surface area contributed by atoms with Crippen LogP contribution in [0.2, 0.25) is 0 Å². The van der Waals surface area contributed by atoms with Crippen molar-refractivity contribution < 1.29 is 23.9 Å². The zero-order chi connectivity index (χ0) is 21.7. The lowest BCUT2D eigenvalue weighted by molar-refractivity contribution is -0.157. The largest absolute Gasteiger partial charge is 0.467 e. The zero-order valence-corrected chi connectivity index (χ0v) is 17.7. The molecule has 3 N–H and O–H groups in total. The Morgan fingerprint density at radius 1 is 1.21 bits per heavy atom. The molecule has 0 aromatic heterocycles. The van der Waals surface area contributed by atoms with Gasteiger partial charge in [0.15, 0.2) is 0 Å². The van der Waals surface area contributed by atoms with Crippen molar-refractivity contribution in [2.24, 2.45) is 5.73 Å². The van der Waals surface area contributed by atoms with Crippen LogP contribution >= 0.6 is 0 Å². The van der Waals surface area contributed by atoms with Crippen molar-refractivity contribution in [3.63, 3.8) is 0 Å². The molecule has 29 heavy (non-hydrogen) atoms. The van der Waals surface area contributed by atoms with E-state index in [0.29, 0.717) is 6.42 Å². The highest BCUT2D eigenvalue weighted by molar-refractivity contribution is 5.93. The number of hydrogen-bond acceptors (Lipinski definition) is 6. The molecule has 160 valence electrons. The first-order valence-corrected chi connectivity index (χ1v) is 10.0. The Morgan fingerprint density at radius 3 is 2.45 bits per heavy atom. The smallest absolute Gasteiger partial charge is 0.332 e. The predicted octanol–water partition coefficient (Wildman–Crippen LogP) is 2.43. The van der Waals surface area contributed by atoms with E-state index in [1.165, 1.54) is 7.11 Å². The van der Waals surface area contributed by atoms with E-state index in [-0.39, 0.29) is 12.3 Å². The van der Waals surface area contributed by atoms with E-state index in [2.05, 4.69) is 5.32 Å². The molecule has 0 radical (unpaired) electrons. The second-order valence-corrected chi connectivity index (χ2v) is 8.56. The van der Waals surface area contributed by atoms with Crippen LogP contribution < -0.4 is 11.1 Å². The summed E-state index contributed by atoms with van der Waals surface area (Å²) in [5.74, 6) is -1.86. The maximum atomic E-state index is 12.9. The van der Waals surface area contributed by atoms with Crippen LogP contribution in [0.5, 0.6) is 0 Å². The average Bonchev–Trinajstić information content (AvgIpc) is 2.66. The standard InChI is InChI=1S/C22H32N2O5/c1-21(2,3)29-18(25)14-17(23)19(26)24-22(20(27)28-4)13-9-8-12-16(22)15-10-6-5-7-11-15/h5-7,10-11,16-17H,8-9,12-14,23H2,1-4H3,(H,24,26)/t16-,17+,22-/m1/s1. The van der Waals surface area contributed by atoms with Crippen LogP contribution in [0, 0.1) is 0 Å². The fourth-order valence-corrected chi connectivity index (χ4v) is 3.90. The second kappa shape index (κ2) is 9.39. The first-order chi connectivity index (χ1) is 13.6. The minimum atomic E-state index is -1.21. The third-order valence-electron chi connectivity index (χ3n) is 5.15. The fourth-order valence-electron chi connectivity index (χ4n) is 3.90. The predicted molar refractivity (Wildman–Crippen MR) is 109 cm³/mol. The lowest BCUT2D eigenvalue weighted by atomic mass is 9.69. The monoisotopic (exact) mass is 404 g/mol. The quantitative estimate of drug-likeness (QED) is 0.705. The van der Waals surface area contributed by atoms with E-state index in [1.807, 2.05) is 30.3 Å². The van der Waals surface area contributed by atoms with E-state index in [1.54, 1.807) is 20.8 Å². The summed E-state index contributed by atoms with van der Waals surface area (Å²) in [4.78, 5) is 37.8. The van der Waals surface area contributed by atoms with Gasteiger partial charge in [0.05, 0.1) is 19.6 Å². The van der Waals surface area contributed by atoms with Crippen LogP contribution in [-0.4, -0.2) is 42.1 Å². The van der Waals surface area contributed by atoms with Gasteiger partial charge in [0.2, 0.25) is 5.91 Å². The molecule has 0 unspecified atom stereocenters. The summed E-state index contributed by atoms with van der Waals surface area (Å²) in [5, 5.41) is 2.85. The van der Waals surface area contributed by atoms with Gasteiger partial charge in [0, 0.05) is 5.92 Å². The van der Waals surface area contributed by atoms with E-state index >= 15 is 0 Å². The molecule has 1 aliphatic carbocycles. The van der Waals surface area contributed by atoms with Crippen LogP contribution in [0.3, 0.4) is 0 Å². The topological polar surface area (TPSA) is 108 Å². The molecule has 1 aliphatic rings. The van der Waals surface area contributed by atoms with E-state index in [4.69, 9.17) is 15.2 Å². The van der Waals surface area contributed by atoms with Crippen molar-refractivity contribution in [3.8, 4) is 0 Å². The molecule has 1 fully saturated rings. The minimum absolute atomic E-state index is 0.234. The minimum Gasteiger partial charge on any atom is -0.467 e. The lowest BCUT2D eigenvalue weighted by Gasteiger charge is -2.43. The highest BCUT2D eigenvalue weighted by Crippen LogP contribution is 2.42. The zero-order valence-electron chi connectivity index (χ0n) is 17.7. The van der Waals surface area contributed by atoms with Crippen molar-refractivity contribution in [1.82, 2.24) is 5.32 Å². The highest BCUT2D eigenvalue weighted by Gasteiger charge is 2.50. The van der Waals surface area contributed by atoms with E-state index in [9.17, 15) is 14.4 Å². The Bertz CT molecular complexity index is 728. The third-order valence-corrected chi connectivity index (χ3v) is 5.15. The van der Waals surface area contributed by atoms with Gasteiger partial charge in [-0.3, -0.25) is 9.59 Å². The Hall–Kier alpha value is -2.41. The molecule has 2 rings (SSSR count). The third kappa shape index (κ3) is 5.79. The molecule has 1 aromatic carbocycles. The first kappa shape index (κ1) is 22.9. The van der Waals surface area contributed by atoms with Gasteiger partial charge in [0.1, 0.15) is 11.1 Å². The molecule has 0 bridgehead atoms. The number of carbonyl (C=O) groups excluding carboxylic acids is 3. The summed E-state index contributed by atoms with van der Waals surface area (Å²) in [5.41, 5.74) is 5.06. The molecule has 0 saturated heterocycles. The van der Waals surface area contributed by atoms with Gasteiger partial charge in [-0.05, 0) is 39.2 Å². The Kier molecular flexibility index (Phi) is 7.41. The van der Waals surface area contributed by atoms with Gasteiger partial charge in [-0.15, -0.1) is 0 Å². The van der Waals surface area contributed by atoms with Gasteiger partial charge >= 0.3 is 11.9 Å². The number of nitrogens with two attached hydrogens (primary N) is 1. The fraction of sp³-hybridized carbons (Fsp3) is 0.591. The van der Waals surface area contributed by atoms with E-state index < -0.39 is 35.0 Å². The van der Waals surface area contributed by atoms with Crippen LogP contribution in [0.4, 0.5) is 0 Å². The van der Waals surface area contributed by atoms with Gasteiger partial charge < -0.3 is 20.5 Å². The maximum Gasteiger partial charge on any atom is 0.332 e. The number of carbonyl (C=O) groups is 3. The number of hydrogen-bond donors (Lipinski definition) is 2. The lowest BCUT2D eigenvalue weighted by Crippen LogP contribution is -2.62. The number of benzene rings is 1. The van der Waals surface area contributed by atoms with Gasteiger partial charge in [0.25, 0.3) is 0 Å². The normalized spacial score (nSPS) is 23.0. The van der Waals surface area contributed by atoms with Crippen molar-refractivity contribution >= 4 is 17.8 Å². The van der Waals surface area contributed by atoms with Crippen molar-refractivity contribution in [2.75, 3.05) is 7.11 Å². The number of nitrogens with one attached hydrogen (secondary N) is 1. The molecule has 0 aliphatic heterocycles. The second-order valence-electron chi connectivity index (χ2n) is 8.56. The molecule has 1 saturated carbocycles. The van der Waals surface area contributed by atoms with Crippen LogP contribution in [0.1, 0.15) is 64.4 Å². The molecule has 1 aromatic rings. The summed E-state index contributed by atoms with van der Waals surface area (Å²) in [6.45, 7) is 5.24. The Labute approximate surface area is 172 Å². The van der Waals surface area contributed by atoms with E-state index in [0.717, 1.165) is 24.8 Å².